The highest BCUT2D eigenvalue weighted by Crippen LogP contribution is 2.26. The van der Waals surface area contributed by atoms with Gasteiger partial charge in [0.25, 0.3) is 0 Å². The second kappa shape index (κ2) is 20.0. The molecule has 0 aromatic heterocycles. The first-order chi connectivity index (χ1) is 11.5. The Labute approximate surface area is 167 Å². The normalized spacial score (nSPS) is 13.0. The molecule has 0 spiro atoms. The van der Waals surface area contributed by atoms with Crippen LogP contribution in [0, 0.1) is 5.92 Å². The molecule has 0 saturated heterocycles. The van der Waals surface area contributed by atoms with Crippen molar-refractivity contribution in [2.45, 2.75) is 102 Å². The molecule has 0 nitrogen and oxygen atoms in total. The van der Waals surface area contributed by atoms with E-state index in [1.165, 1.54) is 36.8 Å². The van der Waals surface area contributed by atoms with E-state index >= 15 is 0 Å². The molecule has 0 aromatic carbocycles. The van der Waals surface area contributed by atoms with Crippen molar-refractivity contribution in [3.8, 4) is 0 Å². The van der Waals surface area contributed by atoms with Crippen molar-refractivity contribution >= 4 is 0 Å². The SMILES string of the molecule is C.C=C(C)/C(C)=C\C1=C(C)CCCC1.C=C(C)C(=C)C.CC.CC(C)C. The first-order valence-corrected chi connectivity index (χ1v) is 9.83. The molecule has 154 valence electrons. The van der Waals surface area contributed by atoms with Crippen LogP contribution in [0.1, 0.15) is 102 Å². The van der Waals surface area contributed by atoms with Gasteiger partial charge in [-0.15, -0.1) is 0 Å². The molecule has 0 amide bonds. The fourth-order valence-electron chi connectivity index (χ4n) is 1.66. The molecule has 0 unspecified atom stereocenters. The predicted octanol–water partition coefficient (Wildman–Crippen LogP) is 9.86. The summed E-state index contributed by atoms with van der Waals surface area (Å²) in [6.07, 6.45) is 7.59. The van der Waals surface area contributed by atoms with Gasteiger partial charge in [0.2, 0.25) is 0 Å². The minimum absolute atomic E-state index is 0. The molecule has 1 aliphatic rings. The van der Waals surface area contributed by atoms with Gasteiger partial charge in [-0.1, -0.05) is 90.2 Å². The van der Waals surface area contributed by atoms with Crippen LogP contribution in [0.4, 0.5) is 0 Å². The van der Waals surface area contributed by atoms with E-state index in [-0.39, 0.29) is 7.43 Å². The molecule has 0 fully saturated rings. The largest absolute Gasteiger partial charge is 0.0959 e. The van der Waals surface area contributed by atoms with Crippen molar-refractivity contribution in [2.75, 3.05) is 0 Å². The fourth-order valence-corrected chi connectivity index (χ4v) is 1.66. The molecule has 0 N–H and O–H groups in total. The first kappa shape index (κ1) is 32.4. The van der Waals surface area contributed by atoms with Crippen LogP contribution in [0.5, 0.6) is 0 Å². The Hall–Kier alpha value is -1.30. The minimum atomic E-state index is 0. The van der Waals surface area contributed by atoms with Crippen molar-refractivity contribution in [3.63, 3.8) is 0 Å². The highest BCUT2D eigenvalue weighted by Gasteiger charge is 2.06. The smallest absolute Gasteiger partial charge is 0.0279 e. The molecule has 0 aliphatic heterocycles. The van der Waals surface area contributed by atoms with Crippen molar-refractivity contribution in [1.82, 2.24) is 0 Å². The summed E-state index contributed by atoms with van der Waals surface area (Å²) in [5, 5.41) is 0. The maximum atomic E-state index is 3.95. The van der Waals surface area contributed by atoms with Crippen LogP contribution in [0.15, 0.2) is 59.3 Å². The van der Waals surface area contributed by atoms with E-state index in [0.717, 1.165) is 17.1 Å². The van der Waals surface area contributed by atoms with E-state index in [1.54, 1.807) is 11.1 Å². The molecule has 0 atom stereocenters. The fraction of sp³-hybridized carbons (Fsp3) is 0.615. The first-order valence-electron chi connectivity index (χ1n) is 9.83. The van der Waals surface area contributed by atoms with E-state index in [2.05, 4.69) is 67.4 Å². The van der Waals surface area contributed by atoms with Crippen LogP contribution in [0.25, 0.3) is 0 Å². The number of allylic oxidation sites excluding steroid dienone is 7. The lowest BCUT2D eigenvalue weighted by molar-refractivity contribution is 0.682. The second-order valence-electron chi connectivity index (χ2n) is 7.41. The van der Waals surface area contributed by atoms with Crippen LogP contribution in [-0.4, -0.2) is 0 Å². The Balaban J connectivity index is -0.000000157. The minimum Gasteiger partial charge on any atom is -0.0959 e. The van der Waals surface area contributed by atoms with E-state index in [0.29, 0.717) is 0 Å². The molecule has 1 rings (SSSR count). The summed E-state index contributed by atoms with van der Waals surface area (Å²) >= 11 is 0. The molecular weight excluding hydrogens is 312 g/mol. The summed E-state index contributed by atoms with van der Waals surface area (Å²) in [6.45, 7) is 32.1. The quantitative estimate of drug-likeness (QED) is 0.438. The Kier molecular flexibility index (Phi) is 24.9. The van der Waals surface area contributed by atoms with Crippen molar-refractivity contribution in [1.29, 1.82) is 0 Å². The zero-order chi connectivity index (χ0) is 20.6. The van der Waals surface area contributed by atoms with Crippen molar-refractivity contribution < 1.29 is 0 Å². The summed E-state index contributed by atoms with van der Waals surface area (Å²) in [5.41, 5.74) is 7.77. The lowest BCUT2D eigenvalue weighted by atomic mass is 9.91. The number of hydrogen-bond donors (Lipinski definition) is 0. The lowest BCUT2D eigenvalue weighted by Crippen LogP contribution is -1.95. The van der Waals surface area contributed by atoms with Gasteiger partial charge < -0.3 is 0 Å². The van der Waals surface area contributed by atoms with Crippen molar-refractivity contribution in [3.05, 3.63) is 59.3 Å². The molecule has 0 saturated carbocycles. The summed E-state index contributed by atoms with van der Waals surface area (Å²) in [5.74, 6) is 0.833. The zero-order valence-corrected chi connectivity index (χ0v) is 19.1. The van der Waals surface area contributed by atoms with Crippen LogP contribution in [0.2, 0.25) is 0 Å². The Morgan fingerprint density at radius 1 is 0.808 bits per heavy atom. The summed E-state index contributed by atoms with van der Waals surface area (Å²) in [4.78, 5) is 0. The van der Waals surface area contributed by atoms with E-state index < -0.39 is 0 Å². The maximum absolute atomic E-state index is 3.95. The third kappa shape index (κ3) is 22.7. The average molecular weight is 363 g/mol. The standard InChI is InChI=1S/C13H20.C6H10.C4H10.C2H6.CH4/c1-10(2)12(4)9-13-8-6-5-7-11(13)3;1-5(2)6(3)4;1-4(2)3;1-2;/h9H,1,5-8H2,2-4H3;1,3H2,2,4H3;4H,1-3H3;1-2H3;1H4/b12-9-;;;;. The molecule has 0 heterocycles. The Morgan fingerprint density at radius 2 is 1.15 bits per heavy atom. The van der Waals surface area contributed by atoms with E-state index in [4.69, 9.17) is 0 Å². The Morgan fingerprint density at radius 3 is 1.42 bits per heavy atom. The second-order valence-corrected chi connectivity index (χ2v) is 7.41. The molecule has 0 aromatic rings. The lowest BCUT2D eigenvalue weighted by Gasteiger charge is -2.15. The van der Waals surface area contributed by atoms with Gasteiger partial charge in [0, 0.05) is 0 Å². The van der Waals surface area contributed by atoms with Gasteiger partial charge in [0.05, 0.1) is 0 Å². The average Bonchev–Trinajstić information content (AvgIpc) is 2.51. The summed E-state index contributed by atoms with van der Waals surface area (Å²) in [7, 11) is 0. The monoisotopic (exact) mass is 362 g/mol. The maximum Gasteiger partial charge on any atom is -0.0279 e. The van der Waals surface area contributed by atoms with Gasteiger partial charge in [-0.25, -0.2) is 0 Å². The molecule has 26 heavy (non-hydrogen) atoms. The van der Waals surface area contributed by atoms with Gasteiger partial charge in [0.15, 0.2) is 0 Å². The summed E-state index contributed by atoms with van der Waals surface area (Å²) < 4.78 is 0. The molecule has 0 heteroatoms. The van der Waals surface area contributed by atoms with E-state index in [9.17, 15) is 0 Å². The topological polar surface area (TPSA) is 0 Å². The van der Waals surface area contributed by atoms with Gasteiger partial charge in [-0.3, -0.25) is 0 Å². The molecule has 0 radical (unpaired) electrons. The van der Waals surface area contributed by atoms with Gasteiger partial charge >= 0.3 is 0 Å². The Bertz CT molecular complexity index is 438. The highest BCUT2D eigenvalue weighted by atomic mass is 14.1. The number of rotatable bonds is 3. The molecule has 0 bridgehead atoms. The van der Waals surface area contributed by atoms with Crippen LogP contribution in [0.3, 0.4) is 0 Å². The van der Waals surface area contributed by atoms with Crippen molar-refractivity contribution in [2.24, 2.45) is 5.92 Å². The van der Waals surface area contributed by atoms with Crippen LogP contribution in [-0.2, 0) is 0 Å². The zero-order valence-electron chi connectivity index (χ0n) is 19.1. The third-order valence-corrected chi connectivity index (χ3v) is 3.59. The summed E-state index contributed by atoms with van der Waals surface area (Å²) in [6, 6.07) is 0. The van der Waals surface area contributed by atoms with E-state index in [1.807, 2.05) is 27.7 Å². The van der Waals surface area contributed by atoms with Crippen LogP contribution >= 0.6 is 0 Å². The molecule has 1 aliphatic carbocycles. The predicted molar refractivity (Wildman–Crippen MR) is 128 cm³/mol. The van der Waals surface area contributed by atoms with Gasteiger partial charge in [-0.05, 0) is 77.4 Å². The molecular formula is C26H50. The number of hydrogen-bond acceptors (Lipinski definition) is 0. The third-order valence-electron chi connectivity index (χ3n) is 3.59. The van der Waals surface area contributed by atoms with Gasteiger partial charge in [0.1, 0.15) is 0 Å². The van der Waals surface area contributed by atoms with Gasteiger partial charge in [-0.2, -0.15) is 0 Å². The highest BCUT2D eigenvalue weighted by molar-refractivity contribution is 5.36. The van der Waals surface area contributed by atoms with Crippen LogP contribution < -0.4 is 0 Å².